The van der Waals surface area contributed by atoms with E-state index in [1.807, 2.05) is 0 Å². The predicted octanol–water partition coefficient (Wildman–Crippen LogP) is 7.07. The van der Waals surface area contributed by atoms with E-state index in [9.17, 15) is 34.9 Å². The van der Waals surface area contributed by atoms with E-state index in [1.54, 1.807) is 0 Å². The van der Waals surface area contributed by atoms with Gasteiger partial charge in [0.25, 0.3) is 0 Å². The number of quaternary nitrogens is 1. The maximum absolute atomic E-state index is 12.6. The number of halogens is 5. The van der Waals surface area contributed by atoms with Gasteiger partial charge in [-0.25, -0.2) is 30.4 Å². The third kappa shape index (κ3) is 10.6. The molecule has 0 unspecified atom stereocenters. The summed E-state index contributed by atoms with van der Waals surface area (Å²) in [5, 5.41) is 0. The molecule has 0 amide bonds. The summed E-state index contributed by atoms with van der Waals surface area (Å²) < 4.78 is 94.3. The first kappa shape index (κ1) is 32.7. The second kappa shape index (κ2) is 16.4. The summed E-state index contributed by atoms with van der Waals surface area (Å²) in [4.78, 5) is -2.38. The molecule has 0 spiro atoms. The minimum Gasteiger partial charge on any atom is -0.744 e. The number of hydrogen-bond acceptors (Lipinski definition) is 3. The normalized spacial score (nSPS) is 11.9. The molecule has 0 aliphatic carbocycles. The van der Waals surface area contributed by atoms with Crippen molar-refractivity contribution in [2.45, 2.75) is 96.8 Å². The Hall–Kier alpha value is -1.26. The molecule has 0 N–H and O–H groups in total. The van der Waals surface area contributed by atoms with Crippen LogP contribution in [0.3, 0.4) is 0 Å². The molecule has 0 saturated heterocycles. The highest BCUT2D eigenvalue weighted by molar-refractivity contribution is 7.85. The molecule has 0 atom stereocenters. The fraction of sp³-hybridized carbons (Fsp3) is 0.750. The molecule has 10 heteroatoms. The van der Waals surface area contributed by atoms with Gasteiger partial charge in [-0.05, 0) is 32.1 Å². The van der Waals surface area contributed by atoms with E-state index in [-0.39, 0.29) is 0 Å². The number of hydrogen-bond donors (Lipinski definition) is 0. The van der Waals surface area contributed by atoms with Crippen LogP contribution in [0.2, 0.25) is 0 Å². The molecule has 0 heterocycles. The number of nitrogens with zero attached hydrogens (tertiary/aromatic N) is 1. The summed E-state index contributed by atoms with van der Waals surface area (Å²) in [5.41, 5.74) is 0. The van der Waals surface area contributed by atoms with Crippen molar-refractivity contribution >= 4 is 10.1 Å². The SMILES string of the molecule is CCCCCC[N+](CCCC)(CCCC)CCCC.O=S(=O)([O-])c1c(F)c(F)c(F)c(F)c1F. The first-order valence-electron chi connectivity index (χ1n) is 12.2. The molecule has 1 rings (SSSR count). The van der Waals surface area contributed by atoms with Crippen molar-refractivity contribution in [3.05, 3.63) is 29.1 Å². The standard InChI is InChI=1S/C18H40N.C6HF5O3S/c1-5-9-13-14-18-19(15-10-6-2,16-11-7-3)17-12-8-4;7-1-2(8)4(10)6(15(12,13)14)5(11)3(1)9/h5-18H2,1-4H3;(H,12,13,14)/q+1;/p-1. The Morgan fingerprint density at radius 1 is 0.559 bits per heavy atom. The number of unbranched alkanes of at least 4 members (excludes halogenated alkanes) is 6. The van der Waals surface area contributed by atoms with Gasteiger partial charge in [-0.1, -0.05) is 59.8 Å². The zero-order valence-electron chi connectivity index (χ0n) is 20.9. The third-order valence-electron chi connectivity index (χ3n) is 5.86. The summed E-state index contributed by atoms with van der Waals surface area (Å²) in [6, 6.07) is 0. The minimum atomic E-state index is -5.77. The van der Waals surface area contributed by atoms with E-state index in [0.717, 1.165) is 0 Å². The van der Waals surface area contributed by atoms with Crippen LogP contribution in [0, 0.1) is 29.1 Å². The predicted molar refractivity (Wildman–Crippen MR) is 123 cm³/mol. The molecule has 0 bridgehead atoms. The first-order chi connectivity index (χ1) is 15.9. The van der Waals surface area contributed by atoms with Crippen LogP contribution in [0.5, 0.6) is 0 Å². The van der Waals surface area contributed by atoms with Crippen molar-refractivity contribution in [2.24, 2.45) is 0 Å². The highest BCUT2D eigenvalue weighted by atomic mass is 32.2. The Morgan fingerprint density at radius 3 is 1.21 bits per heavy atom. The second-order valence-corrected chi connectivity index (χ2v) is 10.0. The lowest BCUT2D eigenvalue weighted by Gasteiger charge is -2.39. The average Bonchev–Trinajstić information content (AvgIpc) is 2.79. The minimum absolute atomic E-state index is 1.35. The summed E-state index contributed by atoms with van der Waals surface area (Å²) in [6.45, 7) is 15.1. The number of rotatable bonds is 15. The van der Waals surface area contributed by atoms with Crippen LogP contribution in [-0.2, 0) is 10.1 Å². The van der Waals surface area contributed by atoms with Crippen molar-refractivity contribution in [3.63, 3.8) is 0 Å². The van der Waals surface area contributed by atoms with E-state index >= 15 is 0 Å². The smallest absolute Gasteiger partial charge is 0.200 e. The van der Waals surface area contributed by atoms with Gasteiger partial charge in [0, 0.05) is 0 Å². The van der Waals surface area contributed by atoms with Gasteiger partial charge < -0.3 is 9.04 Å². The third-order valence-corrected chi connectivity index (χ3v) is 6.72. The zero-order chi connectivity index (χ0) is 26.4. The lowest BCUT2D eigenvalue weighted by Crippen LogP contribution is -2.50. The van der Waals surface area contributed by atoms with Crippen LogP contribution in [-0.4, -0.2) is 43.6 Å². The summed E-state index contributed by atoms with van der Waals surface area (Å²) in [6.07, 6.45) is 14.0. The molecule has 1 aromatic rings. The molecule has 0 fully saturated rings. The molecule has 34 heavy (non-hydrogen) atoms. The van der Waals surface area contributed by atoms with E-state index in [2.05, 4.69) is 27.7 Å². The lowest BCUT2D eigenvalue weighted by molar-refractivity contribution is -0.929. The van der Waals surface area contributed by atoms with E-state index < -0.39 is 44.1 Å². The van der Waals surface area contributed by atoms with Gasteiger partial charge >= 0.3 is 0 Å². The summed E-state index contributed by atoms with van der Waals surface area (Å²) >= 11 is 0. The Balaban J connectivity index is 0.000000657. The largest absolute Gasteiger partial charge is 0.744 e. The summed E-state index contributed by atoms with van der Waals surface area (Å²) in [5.74, 6) is -12.8. The fourth-order valence-corrected chi connectivity index (χ4v) is 4.45. The first-order valence-corrected chi connectivity index (χ1v) is 13.7. The van der Waals surface area contributed by atoms with E-state index in [4.69, 9.17) is 0 Å². The van der Waals surface area contributed by atoms with Crippen LogP contribution >= 0.6 is 0 Å². The van der Waals surface area contributed by atoms with Crippen LogP contribution in [0.15, 0.2) is 4.90 Å². The topological polar surface area (TPSA) is 57.2 Å². The number of benzene rings is 1. The molecule has 0 radical (unpaired) electrons. The highest BCUT2D eigenvalue weighted by Crippen LogP contribution is 2.26. The quantitative estimate of drug-likeness (QED) is 0.0624. The maximum Gasteiger partial charge on any atom is 0.200 e. The van der Waals surface area contributed by atoms with E-state index in [0.29, 0.717) is 0 Å². The van der Waals surface area contributed by atoms with Gasteiger partial charge in [0.1, 0.15) is 15.0 Å². The summed E-state index contributed by atoms with van der Waals surface area (Å²) in [7, 11) is -5.77. The van der Waals surface area contributed by atoms with Crippen LogP contribution < -0.4 is 0 Å². The molecular formula is C24H40F5NO3S. The molecule has 0 aliphatic rings. The molecule has 0 aromatic heterocycles. The average molecular weight is 518 g/mol. The van der Waals surface area contributed by atoms with Crippen molar-refractivity contribution in [2.75, 3.05) is 26.2 Å². The van der Waals surface area contributed by atoms with Gasteiger partial charge in [0.05, 0.1) is 26.2 Å². The van der Waals surface area contributed by atoms with Crippen molar-refractivity contribution in [1.29, 1.82) is 0 Å². The Morgan fingerprint density at radius 2 is 0.882 bits per heavy atom. The van der Waals surface area contributed by atoms with Crippen molar-refractivity contribution in [3.8, 4) is 0 Å². The maximum atomic E-state index is 12.6. The van der Waals surface area contributed by atoms with Crippen LogP contribution in [0.4, 0.5) is 22.0 Å². The van der Waals surface area contributed by atoms with Crippen LogP contribution in [0.1, 0.15) is 91.9 Å². The molecule has 200 valence electrons. The molecule has 0 saturated carbocycles. The zero-order valence-corrected chi connectivity index (χ0v) is 21.7. The van der Waals surface area contributed by atoms with Crippen molar-refractivity contribution < 1.29 is 39.4 Å². The van der Waals surface area contributed by atoms with Gasteiger partial charge in [-0.2, -0.15) is 0 Å². The monoisotopic (exact) mass is 517 g/mol. The van der Waals surface area contributed by atoms with Gasteiger partial charge in [-0.3, -0.25) is 0 Å². The van der Waals surface area contributed by atoms with Gasteiger partial charge in [0.2, 0.25) is 5.82 Å². The molecule has 4 nitrogen and oxygen atoms in total. The fourth-order valence-electron chi connectivity index (χ4n) is 3.83. The van der Waals surface area contributed by atoms with E-state index in [1.165, 1.54) is 94.9 Å². The lowest BCUT2D eigenvalue weighted by atomic mass is 10.1. The molecule has 1 aromatic carbocycles. The Kier molecular flexibility index (Phi) is 15.8. The molecular weight excluding hydrogens is 477 g/mol. The van der Waals surface area contributed by atoms with Crippen molar-refractivity contribution in [1.82, 2.24) is 0 Å². The van der Waals surface area contributed by atoms with Crippen LogP contribution in [0.25, 0.3) is 0 Å². The van der Waals surface area contributed by atoms with Gasteiger partial charge in [0.15, 0.2) is 23.3 Å². The Labute approximate surface area is 201 Å². The van der Waals surface area contributed by atoms with Gasteiger partial charge in [-0.15, -0.1) is 0 Å². The molecule has 0 aliphatic heterocycles. The second-order valence-electron chi connectivity index (χ2n) is 8.71. The highest BCUT2D eigenvalue weighted by Gasteiger charge is 2.29. The Bertz CT molecular complexity index is 784.